The highest BCUT2D eigenvalue weighted by Gasteiger charge is 2.32. The minimum atomic E-state index is -0.103. The molecular formula is C12H17FN2. The summed E-state index contributed by atoms with van der Waals surface area (Å²) in [6.45, 7) is 5.47. The van der Waals surface area contributed by atoms with Gasteiger partial charge in [0.05, 0.1) is 0 Å². The molecule has 2 rings (SSSR count). The minimum absolute atomic E-state index is 0.103. The van der Waals surface area contributed by atoms with Gasteiger partial charge in [0.15, 0.2) is 0 Å². The molecule has 15 heavy (non-hydrogen) atoms. The van der Waals surface area contributed by atoms with Crippen LogP contribution < -0.4 is 5.73 Å². The van der Waals surface area contributed by atoms with Crippen LogP contribution in [0.3, 0.4) is 0 Å². The maximum Gasteiger partial charge on any atom is 0.128 e. The summed E-state index contributed by atoms with van der Waals surface area (Å²) in [5.74, 6) is -0.103. The Hall–Kier alpha value is -0.930. The summed E-state index contributed by atoms with van der Waals surface area (Å²) in [6, 6.07) is 5.84. The van der Waals surface area contributed by atoms with Crippen molar-refractivity contribution >= 4 is 0 Å². The highest BCUT2D eigenvalue weighted by atomic mass is 19.1. The average Bonchev–Trinajstić information content (AvgIpc) is 2.57. The van der Waals surface area contributed by atoms with E-state index in [2.05, 4.69) is 18.7 Å². The molecule has 1 aliphatic heterocycles. The molecule has 3 heteroatoms. The minimum Gasteiger partial charge on any atom is -0.329 e. The Labute approximate surface area is 89.9 Å². The van der Waals surface area contributed by atoms with E-state index < -0.39 is 0 Å². The molecule has 0 radical (unpaired) electrons. The summed E-state index contributed by atoms with van der Waals surface area (Å²) >= 11 is 0. The number of hydrogen-bond donors (Lipinski definition) is 1. The molecular weight excluding hydrogens is 191 g/mol. The lowest BCUT2D eigenvalue weighted by atomic mass is 10.0. The fourth-order valence-electron chi connectivity index (χ4n) is 2.33. The van der Waals surface area contributed by atoms with Crippen LogP contribution in [0.1, 0.15) is 31.0 Å². The van der Waals surface area contributed by atoms with Gasteiger partial charge >= 0.3 is 0 Å². The molecule has 0 fully saturated rings. The molecule has 1 aromatic carbocycles. The first-order chi connectivity index (χ1) is 7.15. The van der Waals surface area contributed by atoms with E-state index in [1.54, 1.807) is 6.07 Å². The quantitative estimate of drug-likeness (QED) is 0.806. The lowest BCUT2D eigenvalue weighted by molar-refractivity contribution is 0.171. The van der Waals surface area contributed by atoms with Crippen LogP contribution in [-0.4, -0.2) is 17.5 Å². The van der Waals surface area contributed by atoms with E-state index in [0.29, 0.717) is 19.1 Å². The fourth-order valence-corrected chi connectivity index (χ4v) is 2.33. The van der Waals surface area contributed by atoms with Crippen molar-refractivity contribution in [3.05, 3.63) is 35.1 Å². The molecule has 1 unspecified atom stereocenters. The monoisotopic (exact) mass is 208 g/mol. The molecule has 2 nitrogen and oxygen atoms in total. The van der Waals surface area contributed by atoms with Gasteiger partial charge < -0.3 is 5.73 Å². The highest BCUT2D eigenvalue weighted by Crippen LogP contribution is 2.35. The average molecular weight is 208 g/mol. The maximum absolute atomic E-state index is 13.6. The number of rotatable bonds is 2. The van der Waals surface area contributed by atoms with Crippen molar-refractivity contribution in [1.82, 2.24) is 4.90 Å². The van der Waals surface area contributed by atoms with Gasteiger partial charge in [0.1, 0.15) is 5.82 Å². The Kier molecular flexibility index (Phi) is 2.76. The molecule has 0 aliphatic carbocycles. The summed E-state index contributed by atoms with van der Waals surface area (Å²) in [5.41, 5.74) is 7.65. The van der Waals surface area contributed by atoms with Crippen LogP contribution in [0.5, 0.6) is 0 Å². The van der Waals surface area contributed by atoms with Gasteiger partial charge in [-0.25, -0.2) is 4.39 Å². The van der Waals surface area contributed by atoms with E-state index in [-0.39, 0.29) is 11.9 Å². The van der Waals surface area contributed by atoms with Crippen molar-refractivity contribution in [3.63, 3.8) is 0 Å². The third kappa shape index (κ3) is 1.66. The highest BCUT2D eigenvalue weighted by molar-refractivity contribution is 5.35. The molecule has 82 valence electrons. The van der Waals surface area contributed by atoms with Gasteiger partial charge in [0.25, 0.3) is 0 Å². The van der Waals surface area contributed by atoms with Crippen LogP contribution in [0.25, 0.3) is 0 Å². The predicted molar refractivity (Wildman–Crippen MR) is 58.9 cm³/mol. The largest absolute Gasteiger partial charge is 0.329 e. The number of benzene rings is 1. The van der Waals surface area contributed by atoms with E-state index >= 15 is 0 Å². The molecule has 0 aromatic heterocycles. The molecule has 1 aromatic rings. The summed E-state index contributed by atoms with van der Waals surface area (Å²) in [4.78, 5) is 2.24. The van der Waals surface area contributed by atoms with E-state index in [9.17, 15) is 4.39 Å². The van der Waals surface area contributed by atoms with Crippen molar-refractivity contribution in [1.29, 1.82) is 0 Å². The van der Waals surface area contributed by atoms with E-state index in [4.69, 9.17) is 5.73 Å². The smallest absolute Gasteiger partial charge is 0.128 e. The SMILES string of the molecule is CC(C)N1Cc2c(F)cccc2C1CN. The summed E-state index contributed by atoms with van der Waals surface area (Å²) in [5, 5.41) is 0. The standard InChI is InChI=1S/C12H17FN2/c1-8(2)15-7-10-9(12(15)6-14)4-3-5-11(10)13/h3-5,8,12H,6-7,14H2,1-2H3. The van der Waals surface area contributed by atoms with Crippen LogP contribution in [0.2, 0.25) is 0 Å². The first kappa shape index (κ1) is 10.6. The molecule has 0 spiro atoms. The maximum atomic E-state index is 13.6. The molecule has 1 atom stereocenters. The lowest BCUT2D eigenvalue weighted by Gasteiger charge is -2.27. The Morgan fingerprint density at radius 1 is 1.53 bits per heavy atom. The van der Waals surface area contributed by atoms with E-state index in [1.165, 1.54) is 6.07 Å². The summed E-state index contributed by atoms with van der Waals surface area (Å²) < 4.78 is 13.6. The van der Waals surface area contributed by atoms with Gasteiger partial charge in [-0.3, -0.25) is 4.90 Å². The van der Waals surface area contributed by atoms with Gasteiger partial charge in [-0.2, -0.15) is 0 Å². The third-order valence-corrected chi connectivity index (χ3v) is 3.14. The molecule has 0 saturated heterocycles. The Morgan fingerprint density at radius 2 is 2.27 bits per heavy atom. The van der Waals surface area contributed by atoms with Gasteiger partial charge in [-0.05, 0) is 25.5 Å². The molecule has 0 saturated carbocycles. The number of hydrogen-bond acceptors (Lipinski definition) is 2. The van der Waals surface area contributed by atoms with Crippen LogP contribution in [0, 0.1) is 5.82 Å². The Bertz CT molecular complexity index is 363. The number of nitrogens with zero attached hydrogens (tertiary/aromatic N) is 1. The zero-order valence-corrected chi connectivity index (χ0v) is 9.20. The number of halogens is 1. The first-order valence-electron chi connectivity index (χ1n) is 5.38. The van der Waals surface area contributed by atoms with Crippen molar-refractivity contribution in [2.24, 2.45) is 5.73 Å². The zero-order valence-electron chi connectivity index (χ0n) is 9.20. The van der Waals surface area contributed by atoms with Crippen LogP contribution in [0.15, 0.2) is 18.2 Å². The van der Waals surface area contributed by atoms with Gasteiger partial charge in [-0.15, -0.1) is 0 Å². The van der Waals surface area contributed by atoms with Crippen LogP contribution in [-0.2, 0) is 6.54 Å². The third-order valence-electron chi connectivity index (χ3n) is 3.14. The summed E-state index contributed by atoms with van der Waals surface area (Å²) in [6.07, 6.45) is 0. The zero-order chi connectivity index (χ0) is 11.0. The molecule has 0 amide bonds. The normalized spacial score (nSPS) is 21.0. The number of fused-ring (bicyclic) bond motifs is 1. The number of nitrogens with two attached hydrogens (primary N) is 1. The van der Waals surface area contributed by atoms with Crippen molar-refractivity contribution in [3.8, 4) is 0 Å². The first-order valence-corrected chi connectivity index (χ1v) is 5.38. The fraction of sp³-hybridized carbons (Fsp3) is 0.500. The molecule has 1 aliphatic rings. The summed E-state index contributed by atoms with van der Waals surface area (Å²) in [7, 11) is 0. The second kappa shape index (κ2) is 3.91. The van der Waals surface area contributed by atoms with Crippen molar-refractivity contribution in [2.45, 2.75) is 32.5 Å². The topological polar surface area (TPSA) is 29.3 Å². The Balaban J connectivity index is 2.41. The van der Waals surface area contributed by atoms with Crippen LogP contribution in [0.4, 0.5) is 4.39 Å². The van der Waals surface area contributed by atoms with Gasteiger partial charge in [-0.1, -0.05) is 12.1 Å². The van der Waals surface area contributed by atoms with Gasteiger partial charge in [0.2, 0.25) is 0 Å². The molecule has 1 heterocycles. The molecule has 0 bridgehead atoms. The Morgan fingerprint density at radius 3 is 2.87 bits per heavy atom. The second-order valence-corrected chi connectivity index (χ2v) is 4.33. The van der Waals surface area contributed by atoms with Crippen LogP contribution >= 0.6 is 0 Å². The second-order valence-electron chi connectivity index (χ2n) is 4.33. The van der Waals surface area contributed by atoms with E-state index in [0.717, 1.165) is 11.1 Å². The molecule has 2 N–H and O–H groups in total. The predicted octanol–water partition coefficient (Wildman–Crippen LogP) is 2.05. The van der Waals surface area contributed by atoms with Gasteiger partial charge in [0, 0.05) is 30.7 Å². The van der Waals surface area contributed by atoms with Crippen molar-refractivity contribution < 1.29 is 4.39 Å². The van der Waals surface area contributed by atoms with Crippen molar-refractivity contribution in [2.75, 3.05) is 6.54 Å². The lowest BCUT2D eigenvalue weighted by Crippen LogP contribution is -2.33. The van der Waals surface area contributed by atoms with E-state index in [1.807, 2.05) is 6.07 Å².